The van der Waals surface area contributed by atoms with Gasteiger partial charge >= 0.3 is 11.9 Å². The first-order chi connectivity index (χ1) is 21.3. The predicted molar refractivity (Wildman–Crippen MR) is 179 cm³/mol. The van der Waals surface area contributed by atoms with Gasteiger partial charge in [-0.3, -0.25) is 0 Å². The van der Waals surface area contributed by atoms with Gasteiger partial charge in [0, 0.05) is 17.5 Å². The van der Waals surface area contributed by atoms with Gasteiger partial charge < -0.3 is 24.7 Å². The van der Waals surface area contributed by atoms with Crippen molar-refractivity contribution in [1.29, 1.82) is 0 Å². The van der Waals surface area contributed by atoms with Crippen molar-refractivity contribution in [1.82, 2.24) is 9.80 Å². The van der Waals surface area contributed by atoms with Gasteiger partial charge in [-0.1, -0.05) is 53.4 Å². The number of fused-ring (bicyclic) bond motifs is 2. The van der Waals surface area contributed by atoms with Crippen molar-refractivity contribution in [2.75, 3.05) is 39.3 Å². The molecule has 2 aromatic rings. The first kappa shape index (κ1) is 35.6. The summed E-state index contributed by atoms with van der Waals surface area (Å²) < 4.78 is 6.39. The molecule has 244 valence electrons. The minimum atomic E-state index is -0.980. The van der Waals surface area contributed by atoms with Crippen LogP contribution < -0.4 is 4.74 Å². The molecule has 0 aliphatic carbocycles. The predicted octanol–water partition coefficient (Wildman–Crippen LogP) is 8.45. The van der Waals surface area contributed by atoms with Crippen LogP contribution in [0.25, 0.3) is 0 Å². The van der Waals surface area contributed by atoms with E-state index in [1.165, 1.54) is 38.5 Å². The van der Waals surface area contributed by atoms with Crippen LogP contribution in [0.2, 0.25) is 0 Å². The number of rotatable bonds is 22. The van der Waals surface area contributed by atoms with Crippen LogP contribution in [0.3, 0.4) is 0 Å². The summed E-state index contributed by atoms with van der Waals surface area (Å²) in [5, 5.41) is 20.2. The molecule has 0 saturated heterocycles. The summed E-state index contributed by atoms with van der Waals surface area (Å²) >= 11 is 0. The van der Waals surface area contributed by atoms with E-state index in [1.807, 2.05) is 6.07 Å². The van der Waals surface area contributed by atoms with Crippen molar-refractivity contribution in [3.63, 3.8) is 0 Å². The molecule has 7 heteroatoms. The molecule has 0 radical (unpaired) electrons. The van der Waals surface area contributed by atoms with Crippen LogP contribution in [-0.2, 0) is 19.3 Å². The smallest absolute Gasteiger partial charge is 0.336 e. The second-order valence-electron chi connectivity index (χ2n) is 12.4. The number of carboxylic acid groups (broad SMARTS) is 2. The molecule has 7 nitrogen and oxygen atoms in total. The number of aromatic carboxylic acids is 2. The van der Waals surface area contributed by atoms with Crippen LogP contribution >= 0.6 is 0 Å². The summed E-state index contributed by atoms with van der Waals surface area (Å²) in [6, 6.07) is 6.91. The van der Waals surface area contributed by atoms with E-state index in [2.05, 4.69) is 37.5 Å². The number of hydrogen-bond acceptors (Lipinski definition) is 5. The lowest BCUT2D eigenvalue weighted by Crippen LogP contribution is -2.28. The second-order valence-corrected chi connectivity index (χ2v) is 12.4. The fourth-order valence-corrected chi connectivity index (χ4v) is 6.26. The largest absolute Gasteiger partial charge is 0.478 e. The second kappa shape index (κ2) is 18.8. The summed E-state index contributed by atoms with van der Waals surface area (Å²) in [5.74, 6) is -0.492. The number of unbranched alkanes of at least 4 members (excludes halogenated alkanes) is 4. The Morgan fingerprint density at radius 1 is 0.682 bits per heavy atom. The zero-order valence-electron chi connectivity index (χ0n) is 27.8. The molecule has 0 spiro atoms. The minimum absolute atomic E-state index is 0.214. The zero-order chi connectivity index (χ0) is 31.9. The Kier molecular flexibility index (Phi) is 15.2. The molecule has 44 heavy (non-hydrogen) atoms. The Morgan fingerprint density at radius 2 is 1.20 bits per heavy atom. The molecule has 3 rings (SSSR count). The molecule has 0 amide bonds. The van der Waals surface area contributed by atoms with Gasteiger partial charge in [0.1, 0.15) is 11.5 Å². The number of ether oxygens (including phenoxy) is 1. The van der Waals surface area contributed by atoms with Crippen LogP contribution in [0, 0.1) is 0 Å². The number of carbonyl (C=O) groups is 2. The maximum Gasteiger partial charge on any atom is 0.336 e. The summed E-state index contributed by atoms with van der Waals surface area (Å²) in [6.07, 6.45) is 12.9. The van der Waals surface area contributed by atoms with Gasteiger partial charge in [0.15, 0.2) is 0 Å². The van der Waals surface area contributed by atoms with E-state index in [9.17, 15) is 19.8 Å². The SMILES string of the molecule is CCCCN(CCCC)CCCc1cc2c(c(CCCN(CCCC)CCCC)c1C(=O)O)Cc1cc(C(=O)O)ccc1O2. The van der Waals surface area contributed by atoms with Gasteiger partial charge in [0.2, 0.25) is 0 Å². The Balaban J connectivity index is 1.92. The standard InChI is InChI=1S/C37H56N2O5/c1-5-9-19-38(20-10-6-2)23-13-15-28-27-34-32(26-30-25-29(36(40)41)17-18-33(30)44-34)31(35(28)37(42)43)16-14-24-39(21-11-7-3)22-12-8-4/h17-18,25,27H,5-16,19-24,26H2,1-4H3,(H,40,41)(H,42,43). The van der Waals surface area contributed by atoms with Gasteiger partial charge in [-0.05, 0) is 126 Å². The summed E-state index contributed by atoms with van der Waals surface area (Å²) in [4.78, 5) is 29.7. The third-order valence-electron chi connectivity index (χ3n) is 8.83. The van der Waals surface area contributed by atoms with Gasteiger partial charge in [-0.25, -0.2) is 9.59 Å². The first-order valence-corrected chi connectivity index (χ1v) is 17.2. The molecule has 0 fully saturated rings. The van der Waals surface area contributed by atoms with Crippen molar-refractivity contribution in [2.24, 2.45) is 0 Å². The lowest BCUT2D eigenvalue weighted by atomic mass is 9.86. The highest BCUT2D eigenvalue weighted by Gasteiger charge is 2.28. The maximum atomic E-state index is 12.9. The number of nitrogens with zero attached hydrogens (tertiary/aromatic N) is 2. The molecule has 0 unspecified atom stereocenters. The summed E-state index contributed by atoms with van der Waals surface area (Å²) in [6.45, 7) is 15.1. The molecule has 1 aliphatic heterocycles. The molecule has 1 aliphatic rings. The molecular weight excluding hydrogens is 552 g/mol. The quantitative estimate of drug-likeness (QED) is 0.118. The third-order valence-corrected chi connectivity index (χ3v) is 8.83. The summed E-state index contributed by atoms with van der Waals surface area (Å²) in [7, 11) is 0. The normalized spacial score (nSPS) is 12.3. The lowest BCUT2D eigenvalue weighted by molar-refractivity contribution is 0.0684. The van der Waals surface area contributed by atoms with E-state index in [0.29, 0.717) is 30.6 Å². The number of benzene rings is 2. The van der Waals surface area contributed by atoms with Crippen molar-refractivity contribution < 1.29 is 24.5 Å². The fourth-order valence-electron chi connectivity index (χ4n) is 6.26. The molecular formula is C37H56N2O5. The zero-order valence-corrected chi connectivity index (χ0v) is 27.8. The molecule has 0 aromatic heterocycles. The van der Waals surface area contributed by atoms with E-state index in [1.54, 1.807) is 18.2 Å². The number of aryl methyl sites for hydroxylation is 1. The minimum Gasteiger partial charge on any atom is -0.478 e. The molecule has 0 bridgehead atoms. The van der Waals surface area contributed by atoms with Crippen LogP contribution in [0.15, 0.2) is 24.3 Å². The Labute approximate surface area is 265 Å². The van der Waals surface area contributed by atoms with Crippen LogP contribution in [0.5, 0.6) is 11.5 Å². The topological polar surface area (TPSA) is 90.3 Å². The van der Waals surface area contributed by atoms with E-state index < -0.39 is 11.9 Å². The Hall–Kier alpha value is -2.90. The Bertz CT molecular complexity index is 1190. The average molecular weight is 609 g/mol. The number of hydrogen-bond donors (Lipinski definition) is 2. The highest BCUT2D eigenvalue weighted by molar-refractivity contribution is 5.92. The van der Waals surface area contributed by atoms with E-state index >= 15 is 0 Å². The molecule has 2 N–H and O–H groups in total. The van der Waals surface area contributed by atoms with Crippen LogP contribution in [0.4, 0.5) is 0 Å². The van der Waals surface area contributed by atoms with Crippen molar-refractivity contribution in [3.05, 3.63) is 57.6 Å². The molecule has 2 aromatic carbocycles. The van der Waals surface area contributed by atoms with Gasteiger partial charge in [0.25, 0.3) is 0 Å². The molecule has 1 heterocycles. The Morgan fingerprint density at radius 3 is 1.70 bits per heavy atom. The molecule has 0 atom stereocenters. The highest BCUT2D eigenvalue weighted by atomic mass is 16.5. The number of carboxylic acids is 2. The van der Waals surface area contributed by atoms with Crippen LogP contribution in [-0.4, -0.2) is 71.2 Å². The van der Waals surface area contributed by atoms with Crippen molar-refractivity contribution >= 4 is 11.9 Å². The van der Waals surface area contributed by atoms with E-state index in [4.69, 9.17) is 4.74 Å². The van der Waals surface area contributed by atoms with E-state index in [0.717, 1.165) is 93.0 Å². The fraction of sp³-hybridized carbons (Fsp3) is 0.622. The van der Waals surface area contributed by atoms with Gasteiger partial charge in [-0.2, -0.15) is 0 Å². The van der Waals surface area contributed by atoms with Gasteiger partial charge in [0.05, 0.1) is 11.1 Å². The maximum absolute atomic E-state index is 12.9. The third kappa shape index (κ3) is 10.3. The monoisotopic (exact) mass is 608 g/mol. The van der Waals surface area contributed by atoms with Gasteiger partial charge in [-0.15, -0.1) is 0 Å². The lowest BCUT2D eigenvalue weighted by Gasteiger charge is -2.27. The van der Waals surface area contributed by atoms with Crippen molar-refractivity contribution in [2.45, 2.75) is 111 Å². The average Bonchev–Trinajstić information content (AvgIpc) is 3.01. The summed E-state index contributed by atoms with van der Waals surface area (Å²) in [5.41, 5.74) is 4.02. The van der Waals surface area contributed by atoms with Crippen LogP contribution in [0.1, 0.15) is 135 Å². The van der Waals surface area contributed by atoms with Crippen molar-refractivity contribution in [3.8, 4) is 11.5 Å². The highest BCUT2D eigenvalue weighted by Crippen LogP contribution is 2.41. The van der Waals surface area contributed by atoms with E-state index in [-0.39, 0.29) is 5.56 Å². The first-order valence-electron chi connectivity index (χ1n) is 17.2. The molecule has 0 saturated carbocycles.